The maximum absolute atomic E-state index is 16.5. The Morgan fingerprint density at radius 3 is 2.27 bits per heavy atom. The van der Waals surface area contributed by atoms with Gasteiger partial charge in [0.05, 0.1) is 76.5 Å². The number of hydrazone groups is 1. The number of rotatable bonds is 7. The average molecular weight is 1070 g/mol. The second-order valence-electron chi connectivity index (χ2n) is 20.2. The third-order valence-corrected chi connectivity index (χ3v) is 15.1. The number of amides is 1. The number of phenolic OH excluding ortho intramolecular Hbond substituents is 3. The fourth-order valence-corrected chi connectivity index (χ4v) is 10.5. The molecule has 5 bridgehead atoms. The number of carboxylic acids is 1. The van der Waals surface area contributed by atoms with Gasteiger partial charge in [0.1, 0.15) is 40.4 Å². The van der Waals surface area contributed by atoms with E-state index >= 15 is 8.78 Å². The summed E-state index contributed by atoms with van der Waals surface area (Å²) in [7, 11) is 1.40. The van der Waals surface area contributed by atoms with Crippen LogP contribution in [-0.2, 0) is 30.3 Å². The predicted octanol–water partition coefficient (Wildman–Crippen LogP) is 6.61. The Kier molecular flexibility index (Phi) is 16.5. The predicted molar refractivity (Wildman–Crippen MR) is 281 cm³/mol. The number of carbonyl (C=O) groups excluding carboxylic acids is 3. The van der Waals surface area contributed by atoms with Crippen molar-refractivity contribution in [3.8, 4) is 23.0 Å². The zero-order valence-corrected chi connectivity index (χ0v) is 44.5. The maximum atomic E-state index is 16.5. The zero-order valence-electron chi connectivity index (χ0n) is 44.5. The molecule has 22 heteroatoms. The molecule has 5 heterocycles. The van der Waals surface area contributed by atoms with E-state index in [1.165, 1.54) is 67.5 Å². The molecule has 1 unspecified atom stereocenters. The number of phenols is 3. The van der Waals surface area contributed by atoms with Crippen LogP contribution in [0.1, 0.15) is 94.2 Å². The molecule has 0 saturated carbocycles. The quantitative estimate of drug-likeness (QED) is 0.0444. The number of hydrogen-bond donors (Lipinski definition) is 7. The Hall–Kier alpha value is -7.56. The number of carboxylic acid groups (broad SMARTS) is 1. The van der Waals surface area contributed by atoms with Gasteiger partial charge in [0.25, 0.3) is 11.7 Å². The minimum atomic E-state index is -2.17. The Morgan fingerprint density at radius 1 is 0.961 bits per heavy atom. The number of aromatic carboxylic acids is 1. The number of ether oxygens (including phenoxy) is 4. The zero-order chi connectivity index (χ0) is 56.9. The third-order valence-electron chi connectivity index (χ3n) is 15.1. The molecule has 1 amide bonds. The Bertz CT molecular complexity index is 3250. The highest BCUT2D eigenvalue weighted by molar-refractivity contribution is 6.24. The van der Waals surface area contributed by atoms with Crippen molar-refractivity contribution in [2.45, 2.75) is 112 Å². The maximum Gasteiger partial charge on any atom is 0.341 e. The highest BCUT2D eigenvalue weighted by Gasteiger charge is 2.50. The van der Waals surface area contributed by atoms with Gasteiger partial charge in [-0.3, -0.25) is 24.2 Å². The number of methoxy groups -OCH3 is 1. The number of aromatic nitrogens is 1. The van der Waals surface area contributed by atoms with E-state index in [0.29, 0.717) is 0 Å². The summed E-state index contributed by atoms with van der Waals surface area (Å²) in [5.74, 6) is -13.3. The number of hydrogen-bond acceptors (Lipinski definition) is 17. The van der Waals surface area contributed by atoms with E-state index in [0.717, 1.165) is 24.7 Å². The number of allylic oxidation sites excluding steroid dienone is 2. The smallest absolute Gasteiger partial charge is 0.341 e. The SMILES string of the molecule is CCn1cc(C(=O)O)c(=O)c2cc(F)c(N3CCN(/N=C/c4c5c(O)c6c(O)c(C)c7c(c6c4O)C(=O)[C@@](C)(O/C=C/[C@H](OC)[C@@H](C)[C@@H](OC(C)=O)[C@H](C)[C@H](O)[C@H](C)[C@@H](O)[C@@H](C)/C=C/C=C(/C)C(=O)N5)O7)C(C)C3)c(F)c21. The molecular formula is C55H65F2N5O15. The van der Waals surface area contributed by atoms with Gasteiger partial charge >= 0.3 is 17.7 Å². The number of aliphatic hydroxyl groups is 2. The molecule has 1 fully saturated rings. The lowest BCUT2D eigenvalue weighted by atomic mass is 9.78. The summed E-state index contributed by atoms with van der Waals surface area (Å²) in [4.78, 5) is 67.4. The molecule has 8 rings (SSSR count). The number of nitrogens with zero attached hydrogens (tertiary/aromatic N) is 4. The van der Waals surface area contributed by atoms with Crippen molar-refractivity contribution in [3.63, 3.8) is 0 Å². The number of benzene rings is 3. The number of aromatic hydroxyl groups is 3. The van der Waals surface area contributed by atoms with E-state index in [1.54, 1.807) is 47.6 Å². The number of piperazine rings is 1. The van der Waals surface area contributed by atoms with Crippen LogP contribution in [0.15, 0.2) is 58.3 Å². The highest BCUT2D eigenvalue weighted by atomic mass is 19.1. The molecule has 4 aromatic rings. The van der Waals surface area contributed by atoms with Crippen molar-refractivity contribution in [3.05, 3.63) is 92.5 Å². The Balaban J connectivity index is 1.33. The van der Waals surface area contributed by atoms with Crippen molar-refractivity contribution < 1.29 is 77.5 Å². The molecule has 1 aromatic heterocycles. The van der Waals surface area contributed by atoms with Gasteiger partial charge in [0.2, 0.25) is 5.43 Å². The first-order chi connectivity index (χ1) is 36.2. The number of esters is 1. The number of pyridine rings is 1. The van der Waals surface area contributed by atoms with E-state index in [9.17, 15) is 54.6 Å². The number of aliphatic hydroxyl groups excluding tert-OH is 2. The number of halogens is 2. The lowest BCUT2D eigenvalue weighted by molar-refractivity contribution is -0.160. The van der Waals surface area contributed by atoms with E-state index in [4.69, 9.17) is 18.9 Å². The molecule has 1 saturated heterocycles. The van der Waals surface area contributed by atoms with Gasteiger partial charge in [-0.05, 0) is 39.8 Å². The second kappa shape index (κ2) is 22.2. The second-order valence-corrected chi connectivity index (χ2v) is 20.2. The molecule has 4 aliphatic heterocycles. The summed E-state index contributed by atoms with van der Waals surface area (Å²) in [6.07, 6.45) is 5.07. The minimum absolute atomic E-state index is 0.00870. The molecule has 0 radical (unpaired) electrons. The first-order valence-electron chi connectivity index (χ1n) is 25.1. The van der Waals surface area contributed by atoms with Crippen LogP contribution in [0, 0.1) is 42.2 Å². The summed E-state index contributed by atoms with van der Waals surface area (Å²) >= 11 is 0. The van der Waals surface area contributed by atoms with Crippen LogP contribution in [0.5, 0.6) is 23.0 Å². The number of fused-ring (bicyclic) bond motifs is 15. The summed E-state index contributed by atoms with van der Waals surface area (Å²) in [6, 6.07) is 0.178. The van der Waals surface area contributed by atoms with Crippen LogP contribution in [0.25, 0.3) is 21.7 Å². The van der Waals surface area contributed by atoms with Gasteiger partial charge < -0.3 is 64.4 Å². The van der Waals surface area contributed by atoms with E-state index in [1.807, 2.05) is 0 Å². The van der Waals surface area contributed by atoms with Crippen LogP contribution in [-0.4, -0.2) is 133 Å². The van der Waals surface area contributed by atoms with Crippen LogP contribution in [0.3, 0.4) is 0 Å². The van der Waals surface area contributed by atoms with Gasteiger partial charge in [-0.2, -0.15) is 5.10 Å². The molecule has 7 N–H and O–H groups in total. The van der Waals surface area contributed by atoms with Gasteiger partial charge in [-0.25, -0.2) is 13.6 Å². The summed E-state index contributed by atoms with van der Waals surface area (Å²) in [5, 5.41) is 76.5. The first kappa shape index (κ1) is 57.2. The van der Waals surface area contributed by atoms with Crippen LogP contribution >= 0.6 is 0 Å². The van der Waals surface area contributed by atoms with Crippen LogP contribution < -0.4 is 20.4 Å². The largest absolute Gasteiger partial charge is 0.507 e. The lowest BCUT2D eigenvalue weighted by Gasteiger charge is -2.39. The number of aryl methyl sites for hydroxylation is 1. The lowest BCUT2D eigenvalue weighted by Crippen LogP contribution is -2.50. The van der Waals surface area contributed by atoms with E-state index in [-0.39, 0.29) is 59.7 Å². The number of carbonyl (C=O) groups is 4. The van der Waals surface area contributed by atoms with E-state index < -0.39 is 151 Å². The number of Topliss-reactive ketones (excluding diaryl/α,β-unsaturated/α-hetero) is 1. The molecule has 0 spiro atoms. The fraction of sp³-hybridized carbons (Fsp3) is 0.455. The van der Waals surface area contributed by atoms with Gasteiger partial charge in [-0.1, -0.05) is 45.9 Å². The molecule has 0 aliphatic carbocycles. The Morgan fingerprint density at radius 2 is 1.65 bits per heavy atom. The standard InChI is InChI=1S/C55H65F2N5O15/c1-12-60-23-34(54(72)73)47(67)32-20-35(56)43(40(57)42(32)60)61-17-18-62(26(4)22-61)58-21-33-41-49(69)38-37(48(33)68)39-51(30(8)46(38)66)77-55(10,52(39)70)75-19-16-36(74-11)27(5)50(76-31(9)63)29(7)45(65)28(6)44(64)24(2)14-13-15-25(3)53(71)59-41/h13-16,19-21,23-24,26-29,36,44-45,50,64-66,68-69H,12,17-18,22H2,1-11H3,(H,59,71)(H,72,73)/b14-13+,19-16+,25-15-,58-21+/t24-,26?,27+,28+,29+,36-,44-,45+,50+,55-/m0/s1. The minimum Gasteiger partial charge on any atom is -0.507 e. The molecule has 10 atom stereocenters. The van der Waals surface area contributed by atoms with Gasteiger partial charge in [0, 0.05) is 87.0 Å². The fourth-order valence-electron chi connectivity index (χ4n) is 10.5. The molecule has 4 aliphatic rings. The van der Waals surface area contributed by atoms with Crippen LogP contribution in [0.4, 0.5) is 20.2 Å². The monoisotopic (exact) mass is 1070 g/mol. The number of ketones is 1. The van der Waals surface area contributed by atoms with Gasteiger partial charge in [-0.15, -0.1) is 0 Å². The van der Waals surface area contributed by atoms with Crippen molar-refractivity contribution in [1.82, 2.24) is 9.58 Å². The molecule has 77 heavy (non-hydrogen) atoms. The summed E-state index contributed by atoms with van der Waals surface area (Å²) < 4.78 is 57.3. The van der Waals surface area contributed by atoms with Crippen LogP contribution in [0.2, 0.25) is 0 Å². The average Bonchev–Trinajstić information content (AvgIpc) is 3.68. The van der Waals surface area contributed by atoms with Crippen molar-refractivity contribution in [2.24, 2.45) is 28.8 Å². The van der Waals surface area contributed by atoms with Crippen molar-refractivity contribution in [2.75, 3.05) is 37.0 Å². The number of nitrogens with one attached hydrogen (secondary N) is 1. The summed E-state index contributed by atoms with van der Waals surface area (Å²) in [6.45, 7) is 15.4. The molecule has 3 aromatic carbocycles. The molecule has 20 nitrogen and oxygen atoms in total. The van der Waals surface area contributed by atoms with E-state index in [2.05, 4.69) is 10.4 Å². The topological polar surface area (TPSA) is 279 Å². The van der Waals surface area contributed by atoms with Crippen molar-refractivity contribution >= 4 is 62.9 Å². The molecular weight excluding hydrogens is 1010 g/mol. The van der Waals surface area contributed by atoms with Gasteiger partial charge in [0.15, 0.2) is 11.6 Å². The third kappa shape index (κ3) is 10.4. The normalized spacial score (nSPS) is 28.1. The summed E-state index contributed by atoms with van der Waals surface area (Å²) in [5.41, 5.74) is -3.49. The van der Waals surface area contributed by atoms with Crippen molar-refractivity contribution in [1.29, 1.82) is 0 Å². The highest BCUT2D eigenvalue weighted by Crippen LogP contribution is 2.55. The first-order valence-corrected chi connectivity index (χ1v) is 25.1. The molecule has 414 valence electrons. The Labute approximate surface area is 442 Å². The number of anilines is 2.